The van der Waals surface area contributed by atoms with Gasteiger partial charge < -0.3 is 4.74 Å². The van der Waals surface area contributed by atoms with Crippen LogP contribution in [0.15, 0.2) is 6.07 Å². The van der Waals surface area contributed by atoms with Gasteiger partial charge in [0.1, 0.15) is 17.5 Å². The smallest absolute Gasteiger partial charge is 0.310 e. The fourth-order valence-corrected chi connectivity index (χ4v) is 1.82. The van der Waals surface area contributed by atoms with Crippen molar-refractivity contribution in [3.63, 3.8) is 0 Å². The number of pyridine rings is 1. The molecule has 1 rings (SSSR count). The van der Waals surface area contributed by atoms with Crippen LogP contribution in [0.25, 0.3) is 0 Å². The summed E-state index contributed by atoms with van der Waals surface area (Å²) in [5, 5.41) is 9.02. The average Bonchev–Trinajstić information content (AvgIpc) is 2.37. The van der Waals surface area contributed by atoms with Crippen LogP contribution in [-0.4, -0.2) is 18.1 Å². The minimum atomic E-state index is -2.77. The van der Waals surface area contributed by atoms with Gasteiger partial charge in [-0.15, -0.1) is 0 Å². The Morgan fingerprint density at radius 3 is 2.72 bits per heavy atom. The first-order valence-corrected chi connectivity index (χ1v) is 5.99. The van der Waals surface area contributed by atoms with Gasteiger partial charge in [0.15, 0.2) is 0 Å². The maximum absolute atomic E-state index is 12.7. The van der Waals surface area contributed by atoms with Crippen LogP contribution in [0.5, 0.6) is 0 Å². The molecular formula is C11H9BrF2N2O2. The van der Waals surface area contributed by atoms with Gasteiger partial charge >= 0.3 is 5.97 Å². The van der Waals surface area contributed by atoms with Crippen molar-refractivity contribution in [2.75, 3.05) is 7.11 Å². The molecule has 0 radical (unpaired) electrons. The largest absolute Gasteiger partial charge is 0.469 e. The van der Waals surface area contributed by atoms with E-state index in [0.717, 1.165) is 0 Å². The van der Waals surface area contributed by atoms with Gasteiger partial charge in [-0.05, 0) is 11.6 Å². The Hall–Kier alpha value is -1.55. The zero-order valence-electron chi connectivity index (χ0n) is 9.41. The zero-order valence-corrected chi connectivity index (χ0v) is 11.0. The quantitative estimate of drug-likeness (QED) is 0.632. The summed E-state index contributed by atoms with van der Waals surface area (Å²) >= 11 is 3.07. The van der Waals surface area contributed by atoms with E-state index in [1.54, 1.807) is 6.07 Å². The predicted molar refractivity (Wildman–Crippen MR) is 62.3 cm³/mol. The van der Waals surface area contributed by atoms with Crippen molar-refractivity contribution < 1.29 is 18.3 Å². The molecular weight excluding hydrogens is 310 g/mol. The highest BCUT2D eigenvalue weighted by molar-refractivity contribution is 9.08. The molecule has 96 valence electrons. The first-order valence-electron chi connectivity index (χ1n) is 4.87. The van der Waals surface area contributed by atoms with Crippen LogP contribution in [0.4, 0.5) is 8.78 Å². The van der Waals surface area contributed by atoms with Crippen LogP contribution in [-0.2, 0) is 21.3 Å². The van der Waals surface area contributed by atoms with Gasteiger partial charge in [-0.2, -0.15) is 5.26 Å². The highest BCUT2D eigenvalue weighted by Gasteiger charge is 2.19. The molecule has 0 spiro atoms. The highest BCUT2D eigenvalue weighted by Crippen LogP contribution is 2.25. The number of nitriles is 1. The maximum Gasteiger partial charge on any atom is 0.310 e. The molecule has 7 heteroatoms. The summed E-state index contributed by atoms with van der Waals surface area (Å²) in [4.78, 5) is 14.7. The number of hydrogen-bond donors (Lipinski definition) is 0. The second-order valence-corrected chi connectivity index (χ2v) is 3.90. The van der Waals surface area contributed by atoms with Crippen molar-refractivity contribution in [1.29, 1.82) is 5.26 Å². The zero-order chi connectivity index (χ0) is 13.7. The minimum absolute atomic E-state index is 0.166. The number of ether oxygens (including phenoxy) is 1. The summed E-state index contributed by atoms with van der Waals surface area (Å²) in [6.45, 7) is 0. The number of carbonyl (C=O) groups excluding carboxylic acids is 1. The molecule has 0 aliphatic heterocycles. The number of carbonyl (C=O) groups is 1. The van der Waals surface area contributed by atoms with E-state index in [2.05, 4.69) is 25.7 Å². The summed E-state index contributed by atoms with van der Waals surface area (Å²) in [6.07, 6.45) is -2.94. The molecule has 0 aliphatic rings. The molecule has 0 bridgehead atoms. The minimum Gasteiger partial charge on any atom is -0.469 e. The topological polar surface area (TPSA) is 63.0 Å². The van der Waals surface area contributed by atoms with Crippen LogP contribution in [0.3, 0.4) is 0 Å². The van der Waals surface area contributed by atoms with Crippen molar-refractivity contribution in [1.82, 2.24) is 4.98 Å². The molecule has 1 heterocycles. The van der Waals surface area contributed by atoms with Crippen molar-refractivity contribution >= 4 is 21.9 Å². The Balaban J connectivity index is 3.27. The van der Waals surface area contributed by atoms with E-state index < -0.39 is 18.1 Å². The molecule has 1 aromatic heterocycles. The molecule has 0 N–H and O–H groups in total. The fourth-order valence-electron chi connectivity index (χ4n) is 1.37. The Kier molecular flexibility index (Phi) is 5.16. The molecule has 0 saturated heterocycles. The second-order valence-electron chi connectivity index (χ2n) is 3.34. The van der Waals surface area contributed by atoms with Crippen molar-refractivity contribution in [2.24, 2.45) is 0 Å². The van der Waals surface area contributed by atoms with Crippen LogP contribution in [0, 0.1) is 11.3 Å². The molecule has 0 atom stereocenters. The number of rotatable bonds is 4. The number of hydrogen-bond acceptors (Lipinski definition) is 4. The lowest BCUT2D eigenvalue weighted by molar-refractivity contribution is -0.139. The van der Waals surface area contributed by atoms with Gasteiger partial charge in [-0.25, -0.2) is 13.8 Å². The number of alkyl halides is 3. The number of nitrogens with zero attached hydrogens (tertiary/aromatic N) is 2. The molecule has 0 aromatic carbocycles. The van der Waals surface area contributed by atoms with Crippen molar-refractivity contribution in [3.05, 3.63) is 28.6 Å². The first-order chi connectivity index (χ1) is 8.53. The van der Waals surface area contributed by atoms with E-state index in [0.29, 0.717) is 0 Å². The number of aromatic nitrogens is 1. The molecule has 0 aliphatic carbocycles. The van der Waals surface area contributed by atoms with Gasteiger partial charge in [-0.1, -0.05) is 15.9 Å². The molecule has 1 aromatic rings. The van der Waals surface area contributed by atoms with Crippen LogP contribution in [0.1, 0.15) is 28.9 Å². The SMILES string of the molecule is COC(=O)Cc1cc(CBr)c(C(F)F)nc1C#N. The molecule has 0 unspecified atom stereocenters. The normalized spacial score (nSPS) is 10.2. The predicted octanol–water partition coefficient (Wildman–Crippen LogP) is 2.50. The van der Waals surface area contributed by atoms with Crippen LogP contribution < -0.4 is 0 Å². The third-order valence-electron chi connectivity index (χ3n) is 2.23. The Labute approximate surface area is 111 Å². The van der Waals surface area contributed by atoms with E-state index in [9.17, 15) is 13.6 Å². The molecule has 4 nitrogen and oxygen atoms in total. The molecule has 0 fully saturated rings. The van der Waals surface area contributed by atoms with Gasteiger partial charge in [0, 0.05) is 10.9 Å². The maximum atomic E-state index is 12.7. The summed E-state index contributed by atoms with van der Waals surface area (Å²) in [6, 6.07) is 3.08. The number of halogens is 3. The van der Waals surface area contributed by atoms with Crippen molar-refractivity contribution in [3.8, 4) is 6.07 Å². The fraction of sp³-hybridized carbons (Fsp3) is 0.364. The lowest BCUT2D eigenvalue weighted by Crippen LogP contribution is -2.10. The highest BCUT2D eigenvalue weighted by atomic mass is 79.9. The first kappa shape index (κ1) is 14.5. The lowest BCUT2D eigenvalue weighted by Gasteiger charge is -2.09. The standard InChI is InChI=1S/C11H9BrF2N2O2/c1-18-9(17)3-6-2-7(4-12)10(11(13)14)16-8(6)5-15/h2,11H,3-4H2,1H3. The third kappa shape index (κ3) is 3.23. The second kappa shape index (κ2) is 6.40. The van der Waals surface area contributed by atoms with Gasteiger partial charge in [0.05, 0.1) is 13.5 Å². The van der Waals surface area contributed by atoms with E-state index in [4.69, 9.17) is 5.26 Å². The number of methoxy groups -OCH3 is 1. The van der Waals surface area contributed by atoms with Crippen molar-refractivity contribution in [2.45, 2.75) is 18.2 Å². The third-order valence-corrected chi connectivity index (χ3v) is 2.84. The summed E-state index contributed by atoms with van der Waals surface area (Å²) < 4.78 is 29.9. The van der Waals surface area contributed by atoms with Gasteiger partial charge in [-0.3, -0.25) is 4.79 Å². The van der Waals surface area contributed by atoms with Gasteiger partial charge in [0.2, 0.25) is 0 Å². The Morgan fingerprint density at radius 2 is 2.28 bits per heavy atom. The van der Waals surface area contributed by atoms with Crippen LogP contribution >= 0.6 is 15.9 Å². The van der Waals surface area contributed by atoms with E-state index in [1.165, 1.54) is 13.2 Å². The van der Waals surface area contributed by atoms with Crippen LogP contribution in [0.2, 0.25) is 0 Å². The van der Waals surface area contributed by atoms with E-state index in [1.807, 2.05) is 0 Å². The summed E-state index contributed by atoms with van der Waals surface area (Å²) in [5.74, 6) is -0.557. The van der Waals surface area contributed by atoms with Gasteiger partial charge in [0.25, 0.3) is 6.43 Å². The summed E-state index contributed by atoms with van der Waals surface area (Å²) in [5.41, 5.74) is -0.0939. The molecule has 18 heavy (non-hydrogen) atoms. The molecule has 0 amide bonds. The molecule has 0 saturated carbocycles. The Bertz CT molecular complexity index is 501. The monoisotopic (exact) mass is 318 g/mol. The number of esters is 1. The van der Waals surface area contributed by atoms with E-state index in [-0.39, 0.29) is 28.6 Å². The Morgan fingerprint density at radius 1 is 1.61 bits per heavy atom. The lowest BCUT2D eigenvalue weighted by atomic mass is 10.1. The summed E-state index contributed by atoms with van der Waals surface area (Å²) in [7, 11) is 1.21. The average molecular weight is 319 g/mol. The van der Waals surface area contributed by atoms with E-state index >= 15 is 0 Å².